The number of benzene rings is 1. The van der Waals surface area contributed by atoms with Crippen LogP contribution in [0.25, 0.3) is 0 Å². The molecule has 1 saturated carbocycles. The predicted molar refractivity (Wildman–Crippen MR) is 107 cm³/mol. The molecule has 1 aliphatic heterocycles. The molecule has 2 atom stereocenters. The maximum atomic E-state index is 13.9. The van der Waals surface area contributed by atoms with E-state index in [0.29, 0.717) is 48.3 Å². The first kappa shape index (κ1) is 21.9. The minimum absolute atomic E-state index is 0.161. The Kier molecular flexibility index (Phi) is 6.76. The van der Waals surface area contributed by atoms with E-state index in [9.17, 15) is 22.4 Å². The molecule has 9 heteroatoms. The summed E-state index contributed by atoms with van der Waals surface area (Å²) in [6.07, 6.45) is -1.43. The van der Waals surface area contributed by atoms with Gasteiger partial charge in [0.25, 0.3) is 5.91 Å². The second kappa shape index (κ2) is 8.93. The first-order valence-electron chi connectivity index (χ1n) is 9.79. The Bertz CT molecular complexity index is 775. The third-order valence-corrected chi connectivity index (χ3v) is 6.80. The van der Waals surface area contributed by atoms with E-state index in [0.717, 1.165) is 24.6 Å². The lowest BCUT2D eigenvalue weighted by Crippen LogP contribution is -2.39. The quantitative estimate of drug-likeness (QED) is 0.685. The molecule has 2 N–H and O–H groups in total. The van der Waals surface area contributed by atoms with Crippen LogP contribution in [0, 0.1) is 11.7 Å². The lowest BCUT2D eigenvalue weighted by Gasteiger charge is -2.29. The summed E-state index contributed by atoms with van der Waals surface area (Å²) in [5.41, 5.74) is -1.60. The number of alkyl halides is 3. The Morgan fingerprint density at radius 3 is 2.48 bits per heavy atom. The number of nitrogens with zero attached hydrogens (tertiary/aromatic N) is 1. The number of carbonyl (C=O) groups excluding carboxylic acids is 1. The van der Waals surface area contributed by atoms with Crippen molar-refractivity contribution in [2.24, 2.45) is 10.9 Å². The number of amides is 1. The second-order valence-corrected chi connectivity index (χ2v) is 9.13. The monoisotopic (exact) mass is 431 g/mol. The van der Waals surface area contributed by atoms with Crippen molar-refractivity contribution in [1.29, 1.82) is 0 Å². The van der Waals surface area contributed by atoms with Crippen LogP contribution in [0.15, 0.2) is 23.2 Å². The van der Waals surface area contributed by atoms with Crippen LogP contribution in [0.1, 0.15) is 55.5 Å². The van der Waals surface area contributed by atoms with Gasteiger partial charge >= 0.3 is 6.18 Å². The minimum atomic E-state index is -4.62. The summed E-state index contributed by atoms with van der Waals surface area (Å²) >= 11 is 1.74. The summed E-state index contributed by atoms with van der Waals surface area (Å²) in [5.74, 6) is -1.30. The summed E-state index contributed by atoms with van der Waals surface area (Å²) in [4.78, 5) is 16.9. The predicted octanol–water partition coefficient (Wildman–Crippen LogP) is 4.60. The Balaban J connectivity index is 1.48. The van der Waals surface area contributed by atoms with Gasteiger partial charge in [-0.2, -0.15) is 13.2 Å². The molecule has 0 spiro atoms. The van der Waals surface area contributed by atoms with Crippen molar-refractivity contribution in [1.82, 2.24) is 10.6 Å². The van der Waals surface area contributed by atoms with Gasteiger partial charge < -0.3 is 10.6 Å². The van der Waals surface area contributed by atoms with E-state index in [2.05, 4.69) is 29.5 Å². The van der Waals surface area contributed by atoms with Gasteiger partial charge in [-0.25, -0.2) is 4.39 Å². The number of hydrogen-bond acceptors (Lipinski definition) is 4. The molecule has 1 aromatic rings. The highest BCUT2D eigenvalue weighted by Crippen LogP contribution is 2.31. The second-order valence-electron chi connectivity index (χ2n) is 7.76. The van der Waals surface area contributed by atoms with Crippen LogP contribution >= 0.6 is 11.8 Å². The van der Waals surface area contributed by atoms with Gasteiger partial charge in [0.2, 0.25) is 0 Å². The zero-order valence-electron chi connectivity index (χ0n) is 16.4. The van der Waals surface area contributed by atoms with Crippen molar-refractivity contribution in [2.45, 2.75) is 63.0 Å². The highest BCUT2D eigenvalue weighted by atomic mass is 32.2. The molecule has 3 rings (SSSR count). The van der Waals surface area contributed by atoms with Crippen molar-refractivity contribution in [2.75, 3.05) is 6.54 Å². The molecule has 1 heterocycles. The molecule has 2 unspecified atom stereocenters. The van der Waals surface area contributed by atoms with Gasteiger partial charge in [-0.05, 0) is 56.7 Å². The topological polar surface area (TPSA) is 53.5 Å². The average Bonchev–Trinajstić information content (AvgIpc) is 2.98. The molecule has 0 saturated heterocycles. The van der Waals surface area contributed by atoms with Gasteiger partial charge in [-0.3, -0.25) is 9.79 Å². The molecular weight excluding hydrogens is 406 g/mol. The molecule has 29 heavy (non-hydrogen) atoms. The normalized spacial score (nSPS) is 27.4. The van der Waals surface area contributed by atoms with Crippen LogP contribution in [-0.2, 0) is 6.18 Å². The summed E-state index contributed by atoms with van der Waals surface area (Å²) < 4.78 is 52.3. The van der Waals surface area contributed by atoms with Crippen LogP contribution in [-0.4, -0.2) is 35.0 Å². The number of carbonyl (C=O) groups is 1. The van der Waals surface area contributed by atoms with E-state index in [-0.39, 0.29) is 6.04 Å². The molecule has 1 aromatic carbocycles. The number of amidine groups is 1. The van der Waals surface area contributed by atoms with Crippen LogP contribution in [0.3, 0.4) is 0 Å². The van der Waals surface area contributed by atoms with Gasteiger partial charge in [0, 0.05) is 17.8 Å². The molecule has 4 nitrogen and oxygen atoms in total. The fourth-order valence-corrected chi connectivity index (χ4v) is 4.57. The average molecular weight is 431 g/mol. The summed E-state index contributed by atoms with van der Waals surface area (Å²) in [7, 11) is 0. The smallest absolute Gasteiger partial charge is 0.365 e. The molecule has 0 bridgehead atoms. The summed E-state index contributed by atoms with van der Waals surface area (Å²) in [5, 5.41) is 7.52. The summed E-state index contributed by atoms with van der Waals surface area (Å²) in [6.45, 7) is 5.05. The van der Waals surface area contributed by atoms with Gasteiger partial charge in [-0.15, -0.1) is 0 Å². The number of hydrogen-bond donors (Lipinski definition) is 2. The van der Waals surface area contributed by atoms with Crippen LogP contribution in [0.4, 0.5) is 17.6 Å². The molecule has 0 aromatic heterocycles. The van der Waals surface area contributed by atoms with Crippen molar-refractivity contribution in [3.8, 4) is 0 Å². The maximum Gasteiger partial charge on any atom is 0.416 e. The Morgan fingerprint density at radius 1 is 1.21 bits per heavy atom. The fraction of sp³-hybridized carbons (Fsp3) is 0.600. The number of rotatable bonds is 4. The number of nitrogens with one attached hydrogen (secondary N) is 2. The first-order chi connectivity index (χ1) is 13.6. The molecular formula is C20H25F4N3OS. The maximum absolute atomic E-state index is 13.9. The molecule has 1 amide bonds. The van der Waals surface area contributed by atoms with Gasteiger partial charge in [0.1, 0.15) is 5.82 Å². The number of halogens is 4. The Labute approximate surface area is 171 Å². The molecule has 160 valence electrons. The van der Waals surface area contributed by atoms with Gasteiger partial charge in [0.05, 0.1) is 17.2 Å². The third-order valence-electron chi connectivity index (χ3n) is 5.56. The van der Waals surface area contributed by atoms with E-state index in [1.165, 1.54) is 0 Å². The van der Waals surface area contributed by atoms with E-state index in [1.54, 1.807) is 11.8 Å². The van der Waals surface area contributed by atoms with E-state index in [1.807, 2.05) is 0 Å². The third kappa shape index (κ3) is 5.65. The van der Waals surface area contributed by atoms with Crippen molar-refractivity contribution in [3.05, 3.63) is 35.1 Å². The molecule has 1 fully saturated rings. The van der Waals surface area contributed by atoms with E-state index >= 15 is 0 Å². The fourth-order valence-electron chi connectivity index (χ4n) is 3.56. The van der Waals surface area contributed by atoms with Crippen LogP contribution in [0.5, 0.6) is 0 Å². The van der Waals surface area contributed by atoms with Crippen molar-refractivity contribution in [3.63, 3.8) is 0 Å². The highest BCUT2D eigenvalue weighted by Gasteiger charge is 2.32. The van der Waals surface area contributed by atoms with Gasteiger partial charge in [-0.1, -0.05) is 18.7 Å². The SMILES string of the molecule is CC1N=C(NC[C@H]2CC[C@H](NC(=O)c3cc(C(F)(F)F)ccc3F)CC2)SC1C. The van der Waals surface area contributed by atoms with Gasteiger partial charge in [0.15, 0.2) is 5.17 Å². The van der Waals surface area contributed by atoms with Crippen molar-refractivity contribution < 1.29 is 22.4 Å². The van der Waals surface area contributed by atoms with E-state index < -0.39 is 29.0 Å². The Morgan fingerprint density at radius 2 is 1.90 bits per heavy atom. The number of thioether (sulfide) groups is 1. The Hall–Kier alpha value is -1.77. The van der Waals surface area contributed by atoms with E-state index in [4.69, 9.17) is 0 Å². The largest absolute Gasteiger partial charge is 0.416 e. The zero-order chi connectivity index (χ0) is 21.2. The first-order valence-corrected chi connectivity index (χ1v) is 10.7. The standard InChI is InChI=1S/C20H25F4N3OS/c1-11-12(2)29-19(26-11)25-10-13-3-6-15(7-4-13)27-18(28)16-9-14(20(22,23)24)5-8-17(16)21/h5,8-9,11-13,15H,3-4,6-7,10H2,1-2H3,(H,25,26)(H,27,28)/t11?,12?,13-,15-. The molecule has 1 aliphatic carbocycles. The highest BCUT2D eigenvalue weighted by molar-refractivity contribution is 8.14. The molecule has 2 aliphatic rings. The minimum Gasteiger partial charge on any atom is -0.365 e. The summed E-state index contributed by atoms with van der Waals surface area (Å²) in [6, 6.07) is 2.04. The van der Waals surface area contributed by atoms with Crippen LogP contribution < -0.4 is 10.6 Å². The lowest BCUT2D eigenvalue weighted by molar-refractivity contribution is -0.137. The number of aliphatic imine (C=N–C) groups is 1. The van der Waals surface area contributed by atoms with Crippen molar-refractivity contribution >= 4 is 22.8 Å². The zero-order valence-corrected chi connectivity index (χ0v) is 17.2. The lowest BCUT2D eigenvalue weighted by atomic mass is 9.86. The molecule has 0 radical (unpaired) electrons. The van der Waals surface area contributed by atoms with Crippen LogP contribution in [0.2, 0.25) is 0 Å².